The lowest BCUT2D eigenvalue weighted by Crippen LogP contribution is -2.16. The van der Waals surface area contributed by atoms with Gasteiger partial charge < -0.3 is 14.8 Å². The Morgan fingerprint density at radius 3 is 1.96 bits per heavy atom. The Balaban J connectivity index is 2.23. The molecule has 0 spiro atoms. The SMILES string of the molecule is COC(=O)c1cc(NC(=O)Cc2ccc(Cl)c(Cl)c2)cc(C(=O)OC)c1. The topological polar surface area (TPSA) is 81.7 Å². The summed E-state index contributed by atoms with van der Waals surface area (Å²) in [6.07, 6.45) is 0.0346. The van der Waals surface area contributed by atoms with Gasteiger partial charge in [0.25, 0.3) is 0 Å². The largest absolute Gasteiger partial charge is 0.465 e. The van der Waals surface area contributed by atoms with E-state index in [4.69, 9.17) is 23.2 Å². The number of methoxy groups -OCH3 is 2. The van der Waals surface area contributed by atoms with Gasteiger partial charge in [0.2, 0.25) is 5.91 Å². The molecule has 2 aromatic rings. The Bertz CT molecular complexity index is 832. The Labute approximate surface area is 160 Å². The van der Waals surface area contributed by atoms with Crippen LogP contribution in [0.5, 0.6) is 0 Å². The van der Waals surface area contributed by atoms with E-state index in [0.717, 1.165) is 0 Å². The van der Waals surface area contributed by atoms with Crippen LogP contribution >= 0.6 is 23.2 Å². The molecule has 8 heteroatoms. The molecule has 0 bridgehead atoms. The van der Waals surface area contributed by atoms with Crippen molar-refractivity contribution in [3.63, 3.8) is 0 Å². The lowest BCUT2D eigenvalue weighted by molar-refractivity contribution is -0.115. The molecule has 2 rings (SSSR count). The van der Waals surface area contributed by atoms with Crippen molar-refractivity contribution in [3.05, 3.63) is 63.1 Å². The van der Waals surface area contributed by atoms with Crippen molar-refractivity contribution in [2.24, 2.45) is 0 Å². The molecule has 0 aliphatic carbocycles. The van der Waals surface area contributed by atoms with E-state index in [9.17, 15) is 14.4 Å². The van der Waals surface area contributed by atoms with Gasteiger partial charge in [-0.25, -0.2) is 9.59 Å². The van der Waals surface area contributed by atoms with Gasteiger partial charge in [0.05, 0.1) is 41.8 Å². The van der Waals surface area contributed by atoms with Crippen LogP contribution in [0.2, 0.25) is 10.0 Å². The first-order valence-electron chi connectivity index (χ1n) is 7.39. The maximum atomic E-state index is 12.3. The molecule has 0 unspecified atom stereocenters. The summed E-state index contributed by atoms with van der Waals surface area (Å²) in [7, 11) is 2.44. The van der Waals surface area contributed by atoms with Crippen LogP contribution in [0.15, 0.2) is 36.4 Å². The van der Waals surface area contributed by atoms with Crippen LogP contribution in [-0.2, 0) is 20.7 Å². The van der Waals surface area contributed by atoms with Crippen molar-refractivity contribution in [2.45, 2.75) is 6.42 Å². The number of carbonyl (C=O) groups is 3. The minimum Gasteiger partial charge on any atom is -0.465 e. The van der Waals surface area contributed by atoms with Crippen molar-refractivity contribution >= 4 is 46.7 Å². The normalized spacial score (nSPS) is 10.2. The number of amides is 1. The average molecular weight is 396 g/mol. The fourth-order valence-electron chi connectivity index (χ4n) is 2.21. The molecule has 2 aromatic carbocycles. The zero-order valence-electron chi connectivity index (χ0n) is 14.0. The van der Waals surface area contributed by atoms with Gasteiger partial charge in [-0.15, -0.1) is 0 Å². The number of rotatable bonds is 5. The van der Waals surface area contributed by atoms with Gasteiger partial charge in [-0.2, -0.15) is 0 Å². The van der Waals surface area contributed by atoms with Crippen molar-refractivity contribution in [3.8, 4) is 0 Å². The van der Waals surface area contributed by atoms with Gasteiger partial charge in [0.15, 0.2) is 0 Å². The fourth-order valence-corrected chi connectivity index (χ4v) is 2.53. The number of ether oxygens (including phenoxy) is 2. The second-order valence-electron chi connectivity index (χ2n) is 5.26. The number of hydrogen-bond donors (Lipinski definition) is 1. The van der Waals surface area contributed by atoms with Gasteiger partial charge >= 0.3 is 11.9 Å². The van der Waals surface area contributed by atoms with Crippen LogP contribution < -0.4 is 5.32 Å². The number of carbonyl (C=O) groups excluding carboxylic acids is 3. The molecule has 6 nitrogen and oxygen atoms in total. The van der Waals surface area contributed by atoms with Gasteiger partial charge in [-0.3, -0.25) is 4.79 Å². The Kier molecular flexibility index (Phi) is 6.60. The first-order chi connectivity index (χ1) is 12.3. The van der Waals surface area contributed by atoms with Crippen molar-refractivity contribution in [2.75, 3.05) is 19.5 Å². The molecule has 1 amide bonds. The summed E-state index contributed by atoms with van der Waals surface area (Å²) in [4.78, 5) is 35.8. The van der Waals surface area contributed by atoms with Gasteiger partial charge in [0.1, 0.15) is 0 Å². The smallest absolute Gasteiger partial charge is 0.337 e. The molecule has 0 radical (unpaired) electrons. The summed E-state index contributed by atoms with van der Waals surface area (Å²) in [6, 6.07) is 9.01. The second-order valence-corrected chi connectivity index (χ2v) is 6.07. The van der Waals surface area contributed by atoms with E-state index in [1.165, 1.54) is 32.4 Å². The molecular formula is C18H15Cl2NO5. The van der Waals surface area contributed by atoms with E-state index in [0.29, 0.717) is 15.6 Å². The third kappa shape index (κ3) is 4.97. The Morgan fingerprint density at radius 2 is 1.46 bits per heavy atom. The summed E-state index contributed by atoms with van der Waals surface area (Å²) in [6.45, 7) is 0. The molecule has 0 aliphatic rings. The van der Waals surface area contributed by atoms with Gasteiger partial charge in [-0.1, -0.05) is 29.3 Å². The van der Waals surface area contributed by atoms with E-state index in [1.54, 1.807) is 18.2 Å². The van der Waals surface area contributed by atoms with Crippen molar-refractivity contribution in [1.82, 2.24) is 0 Å². The fraction of sp³-hybridized carbons (Fsp3) is 0.167. The minimum absolute atomic E-state index is 0.0346. The van der Waals surface area contributed by atoms with E-state index in [2.05, 4.69) is 14.8 Å². The van der Waals surface area contributed by atoms with Crippen LogP contribution in [0.4, 0.5) is 5.69 Å². The number of esters is 2. The molecule has 0 fully saturated rings. The highest BCUT2D eigenvalue weighted by Gasteiger charge is 2.15. The van der Waals surface area contributed by atoms with Crippen LogP contribution in [-0.4, -0.2) is 32.1 Å². The molecule has 0 atom stereocenters. The standard InChI is InChI=1S/C18H15Cl2NO5/c1-25-17(23)11-7-12(18(24)26-2)9-13(8-11)21-16(22)6-10-3-4-14(19)15(20)5-10/h3-5,7-9H,6H2,1-2H3,(H,21,22). The van der Waals surface area contributed by atoms with Gasteiger partial charge in [-0.05, 0) is 35.9 Å². The molecular weight excluding hydrogens is 381 g/mol. The lowest BCUT2D eigenvalue weighted by atomic mass is 10.1. The van der Waals surface area contributed by atoms with E-state index in [-0.39, 0.29) is 29.1 Å². The van der Waals surface area contributed by atoms with Gasteiger partial charge in [0, 0.05) is 5.69 Å². The average Bonchev–Trinajstić information content (AvgIpc) is 2.62. The molecule has 0 aromatic heterocycles. The summed E-state index contributed by atoms with van der Waals surface area (Å²) in [5, 5.41) is 3.37. The zero-order chi connectivity index (χ0) is 19.3. The number of benzene rings is 2. The maximum absolute atomic E-state index is 12.3. The predicted molar refractivity (Wildman–Crippen MR) is 97.9 cm³/mol. The third-order valence-corrected chi connectivity index (χ3v) is 4.15. The molecule has 0 saturated heterocycles. The molecule has 26 heavy (non-hydrogen) atoms. The second kappa shape index (κ2) is 8.69. The summed E-state index contributed by atoms with van der Waals surface area (Å²) < 4.78 is 9.31. The summed E-state index contributed by atoms with van der Waals surface area (Å²) in [5.74, 6) is -1.65. The molecule has 0 saturated carbocycles. The van der Waals surface area contributed by atoms with Crippen LogP contribution in [0.25, 0.3) is 0 Å². The van der Waals surface area contributed by atoms with Crippen molar-refractivity contribution in [1.29, 1.82) is 0 Å². The summed E-state index contributed by atoms with van der Waals surface area (Å²) >= 11 is 11.8. The highest BCUT2D eigenvalue weighted by atomic mass is 35.5. The quantitative estimate of drug-likeness (QED) is 0.779. The Hall–Kier alpha value is -2.57. The predicted octanol–water partition coefficient (Wildman–Crippen LogP) is 3.75. The van der Waals surface area contributed by atoms with Crippen LogP contribution in [0.1, 0.15) is 26.3 Å². The molecule has 1 N–H and O–H groups in total. The first kappa shape index (κ1) is 19.8. The monoisotopic (exact) mass is 395 g/mol. The number of anilines is 1. The van der Waals surface area contributed by atoms with E-state index < -0.39 is 11.9 Å². The highest BCUT2D eigenvalue weighted by molar-refractivity contribution is 6.42. The third-order valence-electron chi connectivity index (χ3n) is 3.41. The Morgan fingerprint density at radius 1 is 0.885 bits per heavy atom. The number of nitrogens with one attached hydrogen (secondary N) is 1. The van der Waals surface area contributed by atoms with E-state index in [1.807, 2.05) is 0 Å². The number of hydrogen-bond acceptors (Lipinski definition) is 5. The van der Waals surface area contributed by atoms with Crippen molar-refractivity contribution < 1.29 is 23.9 Å². The molecule has 136 valence electrons. The highest BCUT2D eigenvalue weighted by Crippen LogP contribution is 2.23. The summed E-state index contributed by atoms with van der Waals surface area (Å²) in [5.41, 5.74) is 1.15. The lowest BCUT2D eigenvalue weighted by Gasteiger charge is -2.10. The number of halogens is 2. The molecule has 0 aliphatic heterocycles. The van der Waals surface area contributed by atoms with Crippen LogP contribution in [0, 0.1) is 0 Å². The zero-order valence-corrected chi connectivity index (χ0v) is 15.5. The maximum Gasteiger partial charge on any atom is 0.337 e. The van der Waals surface area contributed by atoms with E-state index >= 15 is 0 Å². The first-order valence-corrected chi connectivity index (χ1v) is 8.15. The molecule has 0 heterocycles. The van der Waals surface area contributed by atoms with Crippen LogP contribution in [0.3, 0.4) is 0 Å². The minimum atomic E-state index is -0.643.